The van der Waals surface area contributed by atoms with Crippen molar-refractivity contribution in [2.24, 2.45) is 0 Å². The average Bonchev–Trinajstić information content (AvgIpc) is 2.67. The molecule has 0 bridgehead atoms. The Morgan fingerprint density at radius 1 is 1.20 bits per heavy atom. The van der Waals surface area contributed by atoms with Crippen molar-refractivity contribution in [2.45, 2.75) is 4.05 Å². The molecule has 0 aliphatic rings. The first-order valence-electron chi connectivity index (χ1n) is 4.24. The molecule has 15 heavy (non-hydrogen) atoms. The van der Waals surface area contributed by atoms with Crippen molar-refractivity contribution in [3.8, 4) is 11.3 Å². The summed E-state index contributed by atoms with van der Waals surface area (Å²) < 4.78 is 24.2. The molecular weight excluding hydrogens is 313 g/mol. The van der Waals surface area contributed by atoms with Crippen molar-refractivity contribution in [3.05, 3.63) is 42.9 Å². The summed E-state index contributed by atoms with van der Waals surface area (Å²) >= 11 is 1.08. The SMILES string of the molecule is FC(F)(I)n1cncc1-c1ccccc1. The van der Waals surface area contributed by atoms with Crippen molar-refractivity contribution in [3.63, 3.8) is 0 Å². The van der Waals surface area contributed by atoms with Crippen LogP contribution >= 0.6 is 22.6 Å². The van der Waals surface area contributed by atoms with Crippen LogP contribution in [0.15, 0.2) is 42.9 Å². The van der Waals surface area contributed by atoms with Crippen LogP contribution < -0.4 is 0 Å². The van der Waals surface area contributed by atoms with E-state index in [1.54, 1.807) is 24.3 Å². The topological polar surface area (TPSA) is 17.8 Å². The van der Waals surface area contributed by atoms with E-state index in [4.69, 9.17) is 0 Å². The number of benzene rings is 1. The van der Waals surface area contributed by atoms with Crippen LogP contribution in [0, 0.1) is 0 Å². The zero-order valence-electron chi connectivity index (χ0n) is 7.57. The third kappa shape index (κ3) is 2.17. The van der Waals surface area contributed by atoms with Gasteiger partial charge in [-0.3, -0.25) is 4.57 Å². The number of imidazole rings is 1. The number of rotatable bonds is 2. The molecule has 0 aliphatic heterocycles. The zero-order valence-corrected chi connectivity index (χ0v) is 9.73. The summed E-state index contributed by atoms with van der Waals surface area (Å²) in [6.07, 6.45) is 2.57. The molecule has 5 heteroatoms. The summed E-state index contributed by atoms with van der Waals surface area (Å²) in [5.74, 6) is 0. The molecule has 0 spiro atoms. The lowest BCUT2D eigenvalue weighted by atomic mass is 10.2. The fourth-order valence-corrected chi connectivity index (χ4v) is 1.70. The number of aromatic nitrogens is 2. The lowest BCUT2D eigenvalue weighted by Crippen LogP contribution is -2.14. The largest absolute Gasteiger partial charge is 0.381 e. The monoisotopic (exact) mass is 320 g/mol. The molecule has 2 aromatic rings. The Bertz CT molecular complexity index is 448. The Balaban J connectivity index is 2.51. The van der Waals surface area contributed by atoms with Crippen LogP contribution in [0.5, 0.6) is 0 Å². The molecule has 0 aliphatic carbocycles. The van der Waals surface area contributed by atoms with Gasteiger partial charge in [-0.25, -0.2) is 4.98 Å². The van der Waals surface area contributed by atoms with Crippen molar-refractivity contribution in [1.82, 2.24) is 9.55 Å². The molecule has 0 saturated carbocycles. The molecule has 0 atom stereocenters. The first-order chi connectivity index (χ1) is 7.09. The molecule has 2 nitrogen and oxygen atoms in total. The van der Waals surface area contributed by atoms with Crippen LogP contribution in [-0.4, -0.2) is 9.55 Å². The van der Waals surface area contributed by atoms with E-state index in [2.05, 4.69) is 4.98 Å². The number of hydrogen-bond acceptors (Lipinski definition) is 1. The van der Waals surface area contributed by atoms with Crippen LogP contribution in [0.2, 0.25) is 0 Å². The smallest absolute Gasteiger partial charge is 0.262 e. The van der Waals surface area contributed by atoms with Crippen LogP contribution in [-0.2, 0) is 4.05 Å². The molecule has 1 heterocycles. The lowest BCUT2D eigenvalue weighted by molar-refractivity contribution is 0.0477. The lowest BCUT2D eigenvalue weighted by Gasteiger charge is -2.13. The van der Waals surface area contributed by atoms with Gasteiger partial charge in [-0.05, 0) is 5.56 Å². The summed E-state index contributed by atoms with van der Waals surface area (Å²) in [5.41, 5.74) is 1.14. The molecule has 78 valence electrons. The van der Waals surface area contributed by atoms with Crippen molar-refractivity contribution >= 4 is 22.6 Å². The van der Waals surface area contributed by atoms with E-state index < -0.39 is 4.05 Å². The normalized spacial score (nSPS) is 11.7. The maximum Gasteiger partial charge on any atom is 0.381 e. The van der Waals surface area contributed by atoms with E-state index in [-0.39, 0.29) is 0 Å². The highest BCUT2D eigenvalue weighted by Crippen LogP contribution is 2.33. The van der Waals surface area contributed by atoms with Gasteiger partial charge < -0.3 is 0 Å². The van der Waals surface area contributed by atoms with Gasteiger partial charge in [0, 0.05) is 22.6 Å². The average molecular weight is 320 g/mol. The molecular formula is C10H7F2IN2. The molecule has 1 aromatic heterocycles. The van der Waals surface area contributed by atoms with Gasteiger partial charge >= 0.3 is 4.05 Å². The highest BCUT2D eigenvalue weighted by atomic mass is 127. The van der Waals surface area contributed by atoms with Gasteiger partial charge in [0.1, 0.15) is 6.33 Å². The molecule has 1 aromatic carbocycles. The van der Waals surface area contributed by atoms with E-state index in [1.165, 1.54) is 6.20 Å². The van der Waals surface area contributed by atoms with Gasteiger partial charge in [0.25, 0.3) is 0 Å². The van der Waals surface area contributed by atoms with E-state index in [9.17, 15) is 8.78 Å². The molecule has 0 fully saturated rings. The Morgan fingerprint density at radius 3 is 2.47 bits per heavy atom. The Hall–Kier alpha value is -0.980. The Kier molecular flexibility index (Phi) is 2.72. The molecule has 0 saturated heterocycles. The summed E-state index contributed by atoms with van der Waals surface area (Å²) in [7, 11) is 0. The van der Waals surface area contributed by atoms with Gasteiger partial charge in [0.2, 0.25) is 0 Å². The van der Waals surface area contributed by atoms with Crippen LogP contribution in [0.1, 0.15) is 0 Å². The first kappa shape index (κ1) is 10.5. The Labute approximate surface area is 99.1 Å². The van der Waals surface area contributed by atoms with Crippen LogP contribution in [0.4, 0.5) is 8.78 Å². The standard InChI is InChI=1S/C10H7F2IN2/c11-10(12,13)15-7-14-6-9(15)8-4-2-1-3-5-8/h1-7H. The molecule has 0 radical (unpaired) electrons. The van der Waals surface area contributed by atoms with Gasteiger partial charge in [0.15, 0.2) is 0 Å². The minimum Gasteiger partial charge on any atom is -0.262 e. The van der Waals surface area contributed by atoms with E-state index >= 15 is 0 Å². The molecule has 2 rings (SSSR count). The second kappa shape index (κ2) is 3.88. The summed E-state index contributed by atoms with van der Waals surface area (Å²) in [4.78, 5) is 3.74. The molecule has 0 N–H and O–H groups in total. The molecule has 0 amide bonds. The first-order valence-corrected chi connectivity index (χ1v) is 5.32. The minimum absolute atomic E-state index is 0.412. The summed E-state index contributed by atoms with van der Waals surface area (Å²) in [6, 6.07) is 8.99. The third-order valence-corrected chi connectivity index (χ3v) is 2.50. The number of hydrogen-bond donors (Lipinski definition) is 0. The summed E-state index contributed by atoms with van der Waals surface area (Å²) in [6.45, 7) is 0. The number of alkyl halides is 3. The van der Waals surface area contributed by atoms with E-state index in [0.29, 0.717) is 5.69 Å². The zero-order chi connectivity index (χ0) is 10.9. The van der Waals surface area contributed by atoms with E-state index in [0.717, 1.165) is 39.0 Å². The van der Waals surface area contributed by atoms with Gasteiger partial charge in [-0.15, -0.1) is 0 Å². The maximum atomic E-state index is 13.1. The minimum atomic E-state index is -2.96. The van der Waals surface area contributed by atoms with Crippen molar-refractivity contribution < 1.29 is 8.78 Å². The van der Waals surface area contributed by atoms with Gasteiger partial charge in [0.05, 0.1) is 11.9 Å². The number of nitrogens with zero attached hydrogens (tertiary/aromatic N) is 2. The predicted molar refractivity (Wildman–Crippen MR) is 61.9 cm³/mol. The van der Waals surface area contributed by atoms with Crippen LogP contribution in [0.3, 0.4) is 0 Å². The van der Waals surface area contributed by atoms with Crippen LogP contribution in [0.25, 0.3) is 11.3 Å². The second-order valence-corrected chi connectivity index (χ2v) is 4.28. The van der Waals surface area contributed by atoms with Gasteiger partial charge in [-0.2, -0.15) is 8.78 Å². The van der Waals surface area contributed by atoms with Crippen molar-refractivity contribution in [2.75, 3.05) is 0 Å². The Morgan fingerprint density at radius 2 is 1.87 bits per heavy atom. The fraction of sp³-hybridized carbons (Fsp3) is 0.100. The summed E-state index contributed by atoms with van der Waals surface area (Å²) in [5, 5.41) is 0. The maximum absolute atomic E-state index is 13.1. The van der Waals surface area contributed by atoms with Gasteiger partial charge in [-0.1, -0.05) is 30.3 Å². The predicted octanol–water partition coefficient (Wildman–Crippen LogP) is 3.49. The number of halogens is 3. The highest BCUT2D eigenvalue weighted by Gasteiger charge is 2.28. The quantitative estimate of drug-likeness (QED) is 0.612. The van der Waals surface area contributed by atoms with Crippen molar-refractivity contribution in [1.29, 1.82) is 0 Å². The third-order valence-electron chi connectivity index (χ3n) is 1.98. The molecule has 0 unspecified atom stereocenters. The highest BCUT2D eigenvalue weighted by molar-refractivity contribution is 14.1. The fourth-order valence-electron chi connectivity index (χ4n) is 1.32. The van der Waals surface area contributed by atoms with E-state index in [1.807, 2.05) is 6.07 Å². The second-order valence-electron chi connectivity index (χ2n) is 2.98.